The molecule has 25 heteroatoms. The Kier molecular flexibility index (Phi) is 19.1. The number of benzene rings is 3. The Labute approximate surface area is 471 Å². The van der Waals surface area contributed by atoms with Crippen molar-refractivity contribution in [2.75, 3.05) is 36.8 Å². The van der Waals surface area contributed by atoms with Gasteiger partial charge in [0, 0.05) is 109 Å². The van der Waals surface area contributed by atoms with Gasteiger partial charge >= 0.3 is 0 Å². The molecule has 1 radical (unpaired) electrons. The molecule has 3 amide bonds. The van der Waals surface area contributed by atoms with E-state index in [4.69, 9.17) is 4.74 Å². The first-order valence-electron chi connectivity index (χ1n) is 24.5. The first kappa shape index (κ1) is 61.1. The molecule has 3 aliphatic heterocycles. The number of fused-ring (bicyclic) bond motifs is 2. The summed E-state index contributed by atoms with van der Waals surface area (Å²) in [6, 6.07) is 13.7. The van der Waals surface area contributed by atoms with E-state index in [-0.39, 0.29) is 88.4 Å². The van der Waals surface area contributed by atoms with Crippen molar-refractivity contribution in [3.05, 3.63) is 131 Å². The van der Waals surface area contributed by atoms with E-state index < -0.39 is 68.9 Å². The third kappa shape index (κ3) is 14.6. The molecule has 4 aliphatic rings. The number of amides is 3. The molecule has 1 aliphatic carbocycles. The maximum absolute atomic E-state index is 12.7. The smallest absolute Gasteiger partial charge is 0.294 e. The van der Waals surface area contributed by atoms with E-state index in [1.165, 1.54) is 60.7 Å². The molecular formula is C52H60N4NaO16S4. The van der Waals surface area contributed by atoms with Crippen molar-refractivity contribution in [3.63, 3.8) is 0 Å². The summed E-state index contributed by atoms with van der Waals surface area (Å²) in [5, 5.41) is 2.74. The number of anilines is 1. The van der Waals surface area contributed by atoms with E-state index in [9.17, 15) is 66.3 Å². The van der Waals surface area contributed by atoms with Crippen molar-refractivity contribution < 1.29 is 75.6 Å². The molecule has 3 aromatic carbocycles. The number of ether oxygens (including phenoxy) is 1. The van der Waals surface area contributed by atoms with E-state index in [0.29, 0.717) is 96.6 Å². The standard InChI is InChI=1S/C52H60N4O16S4.Na/c1-51(2)41-33-39(75(66,67)68)20-22-43(41)54(29-7-5-6-13-47(57)53-28-31-56-48(58)26-27-49(56)59)45(51)24-14-35-11-10-12-36(50(35)72-37-16-18-38(19-17-37)74(63,64)65)15-25-46-52(3,4)42-34-40(76(69,70)71)21-23-44(42)55(46)30-8-9-32-73(60,61)62;/h14-27,33-34H,5-13,28-32H2,1-4H3,(H4-,53,57,60,61,62,63,64,65,66,67,68,69,70,71);. The summed E-state index contributed by atoms with van der Waals surface area (Å²) in [4.78, 5) is 38.3. The third-order valence-corrected chi connectivity index (χ3v) is 17.2. The van der Waals surface area contributed by atoms with Crippen LogP contribution in [0.15, 0.2) is 134 Å². The molecule has 409 valence electrons. The summed E-state index contributed by atoms with van der Waals surface area (Å²) < 4.78 is 146. The van der Waals surface area contributed by atoms with E-state index in [1.807, 2.05) is 61.5 Å². The maximum atomic E-state index is 12.7. The molecule has 3 heterocycles. The number of nitrogens with one attached hydrogen (secondary N) is 1. The summed E-state index contributed by atoms with van der Waals surface area (Å²) in [7, 11) is -18.2. The van der Waals surface area contributed by atoms with Crippen LogP contribution in [0.2, 0.25) is 0 Å². The summed E-state index contributed by atoms with van der Waals surface area (Å²) in [6.45, 7) is 8.44. The van der Waals surface area contributed by atoms with Gasteiger partial charge in [0.05, 0.1) is 25.9 Å². The first-order chi connectivity index (χ1) is 35.5. The van der Waals surface area contributed by atoms with Crippen LogP contribution in [0.4, 0.5) is 11.4 Å². The van der Waals surface area contributed by atoms with Gasteiger partial charge in [-0.15, -0.1) is 0 Å². The van der Waals surface area contributed by atoms with Gasteiger partial charge in [-0.3, -0.25) is 32.9 Å². The molecule has 0 saturated carbocycles. The fourth-order valence-corrected chi connectivity index (χ4v) is 12.0. The van der Waals surface area contributed by atoms with Gasteiger partial charge in [-0.2, -0.15) is 29.8 Å². The second-order valence-corrected chi connectivity index (χ2v) is 25.7. The monoisotopic (exact) mass is 1150 g/mol. The van der Waals surface area contributed by atoms with Crippen LogP contribution in [0.3, 0.4) is 0 Å². The number of unbranched alkanes of at least 4 members (excludes halogenated alkanes) is 3. The number of hydrogen-bond donors (Lipinski definition) is 4. The van der Waals surface area contributed by atoms with E-state index in [2.05, 4.69) is 5.32 Å². The van der Waals surface area contributed by atoms with Crippen LogP contribution in [0.5, 0.6) is 5.75 Å². The van der Waals surface area contributed by atoms with Gasteiger partial charge in [-0.25, -0.2) is 8.42 Å². The first-order valence-corrected chi connectivity index (χ1v) is 30.4. The largest absolute Gasteiger partial charge is 0.744 e. The topological polar surface area (TPSA) is 302 Å². The van der Waals surface area contributed by atoms with Crippen molar-refractivity contribution in [3.8, 4) is 5.75 Å². The minimum Gasteiger partial charge on any atom is -0.744 e. The Morgan fingerprint density at radius 3 is 2.00 bits per heavy atom. The van der Waals surface area contributed by atoms with Crippen LogP contribution in [-0.4, -0.2) is 146 Å². The second kappa shape index (κ2) is 24.1. The molecule has 0 aromatic heterocycles. The van der Waals surface area contributed by atoms with Crippen molar-refractivity contribution in [2.45, 2.75) is 111 Å². The number of imide groups is 1. The number of carbonyl (C=O) groups excluding carboxylic acids is 3. The average Bonchev–Trinajstić information content (AvgIpc) is 3.86. The quantitative estimate of drug-likeness (QED) is 0.0293. The molecule has 3 aromatic rings. The number of carbonyl (C=O) groups is 3. The summed E-state index contributed by atoms with van der Waals surface area (Å²) in [6.07, 6.45) is 13.9. The third-order valence-electron chi connectivity index (χ3n) is 13.9. The fraction of sp³-hybridized carbons (Fsp3) is 0.385. The molecular weight excluding hydrogens is 1090 g/mol. The molecule has 0 saturated heterocycles. The minimum atomic E-state index is -4.82. The van der Waals surface area contributed by atoms with Crippen LogP contribution in [0.25, 0.3) is 0 Å². The minimum absolute atomic E-state index is 0. The van der Waals surface area contributed by atoms with Crippen molar-refractivity contribution >= 4 is 105 Å². The molecule has 0 spiro atoms. The molecule has 77 heavy (non-hydrogen) atoms. The van der Waals surface area contributed by atoms with Gasteiger partial charge in [0.15, 0.2) is 5.71 Å². The zero-order chi connectivity index (χ0) is 55.6. The van der Waals surface area contributed by atoms with Gasteiger partial charge in [-0.1, -0.05) is 19.9 Å². The van der Waals surface area contributed by atoms with E-state index in [1.54, 1.807) is 12.1 Å². The molecule has 0 atom stereocenters. The number of hydrogen-bond acceptors (Lipinski definition) is 14. The maximum Gasteiger partial charge on any atom is 0.294 e. The SMILES string of the molecule is CC1(C)C(/C=C/C2=C(Oc3ccc(S(=O)(=O)O)cc3)C(=C/C=C3/N(CCCCS(=O)(=O)O)c4ccc(S(=O)(=O)O)cc4C3(C)C)/CCC2)=[N+](CCCCCC(=O)NCCN2C(=O)C=CC2=O)c2ccc(S(=O)(=O)[O-])cc21.[Na]. The molecule has 0 fully saturated rings. The van der Waals surface area contributed by atoms with Gasteiger partial charge < -0.3 is 19.5 Å². The Balaban J connectivity index is 0.00000961. The van der Waals surface area contributed by atoms with Gasteiger partial charge in [0.25, 0.3) is 42.2 Å². The van der Waals surface area contributed by atoms with Crippen LogP contribution >= 0.6 is 0 Å². The number of rotatable bonds is 22. The van der Waals surface area contributed by atoms with Crippen molar-refractivity contribution in [1.29, 1.82) is 0 Å². The van der Waals surface area contributed by atoms with Gasteiger partial charge in [-0.05, 0) is 142 Å². The average molecular weight is 1150 g/mol. The zero-order valence-corrected chi connectivity index (χ0v) is 48.5. The van der Waals surface area contributed by atoms with E-state index in [0.717, 1.165) is 10.6 Å². The Bertz CT molecular complexity index is 3490. The zero-order valence-electron chi connectivity index (χ0n) is 43.3. The molecule has 7 rings (SSSR count). The number of nitrogens with zero attached hydrogens (tertiary/aromatic N) is 3. The Hall–Kier alpha value is -5.12. The van der Waals surface area contributed by atoms with Crippen molar-refractivity contribution in [1.82, 2.24) is 10.2 Å². The van der Waals surface area contributed by atoms with Crippen LogP contribution in [0, 0.1) is 0 Å². The van der Waals surface area contributed by atoms with Crippen LogP contribution in [-0.2, 0) is 65.7 Å². The molecule has 0 unspecified atom stereocenters. The molecule has 20 nitrogen and oxygen atoms in total. The van der Waals surface area contributed by atoms with E-state index >= 15 is 0 Å². The molecule has 4 N–H and O–H groups in total. The predicted octanol–water partition coefficient (Wildman–Crippen LogP) is 6.03. The van der Waals surface area contributed by atoms with Crippen LogP contribution in [0.1, 0.15) is 96.6 Å². The van der Waals surface area contributed by atoms with Crippen LogP contribution < -0.4 is 15.0 Å². The Morgan fingerprint density at radius 2 is 1.36 bits per heavy atom. The summed E-state index contributed by atoms with van der Waals surface area (Å²) in [5.41, 5.74) is 3.62. The number of allylic oxidation sites excluding steroid dienone is 7. The second-order valence-electron chi connectivity index (χ2n) is 19.9. The summed E-state index contributed by atoms with van der Waals surface area (Å²) >= 11 is 0. The summed E-state index contributed by atoms with van der Waals surface area (Å²) in [5.74, 6) is -0.931. The van der Waals surface area contributed by atoms with Gasteiger partial charge in [0.2, 0.25) is 11.6 Å². The predicted molar refractivity (Wildman–Crippen MR) is 286 cm³/mol. The van der Waals surface area contributed by atoms with Gasteiger partial charge in [0.1, 0.15) is 28.2 Å². The molecule has 0 bridgehead atoms. The fourth-order valence-electron chi connectivity index (χ4n) is 9.95. The van der Waals surface area contributed by atoms with Crippen molar-refractivity contribution in [2.24, 2.45) is 0 Å². The Morgan fingerprint density at radius 1 is 0.727 bits per heavy atom. The normalized spacial score (nSPS) is 18.4.